The number of hydrogen-bond acceptors (Lipinski definition) is 6. The van der Waals surface area contributed by atoms with Gasteiger partial charge in [-0.1, -0.05) is 19.9 Å². The fourth-order valence-corrected chi connectivity index (χ4v) is 3.21. The molecular weight excluding hydrogens is 322 g/mol. The van der Waals surface area contributed by atoms with Crippen LogP contribution in [0.4, 0.5) is 5.82 Å². The largest absolute Gasteiger partial charge is 0.461 e. The Bertz CT molecular complexity index is 712. The number of thiophene rings is 1. The van der Waals surface area contributed by atoms with Gasteiger partial charge in [-0.25, -0.2) is 14.8 Å². The Morgan fingerprint density at radius 2 is 2.23 bits per heavy atom. The van der Waals surface area contributed by atoms with E-state index in [-0.39, 0.29) is 17.2 Å². The number of halogens is 1. The van der Waals surface area contributed by atoms with Crippen LogP contribution in [0.2, 0.25) is 5.28 Å². The lowest BCUT2D eigenvalue weighted by atomic mass is 10.2. The smallest absolute Gasteiger partial charge is 0.348 e. The Morgan fingerprint density at radius 3 is 2.86 bits per heavy atom. The van der Waals surface area contributed by atoms with E-state index in [1.54, 1.807) is 6.08 Å². The quantitative estimate of drug-likeness (QED) is 0.488. The monoisotopic (exact) mass is 339 g/mol. The molecule has 2 aromatic rings. The van der Waals surface area contributed by atoms with Crippen LogP contribution in [0, 0.1) is 12.8 Å². The highest BCUT2D eigenvalue weighted by Crippen LogP contribution is 2.35. The summed E-state index contributed by atoms with van der Waals surface area (Å²) < 4.78 is 5.30. The van der Waals surface area contributed by atoms with Crippen molar-refractivity contribution in [1.29, 1.82) is 0 Å². The lowest BCUT2D eigenvalue weighted by Crippen LogP contribution is -2.09. The third kappa shape index (κ3) is 3.56. The van der Waals surface area contributed by atoms with Crippen molar-refractivity contribution < 1.29 is 9.53 Å². The minimum atomic E-state index is -0.333. The van der Waals surface area contributed by atoms with E-state index in [2.05, 4.69) is 21.9 Å². The van der Waals surface area contributed by atoms with Crippen LogP contribution in [-0.2, 0) is 4.74 Å². The van der Waals surface area contributed by atoms with Crippen LogP contribution in [0.15, 0.2) is 12.7 Å². The summed E-state index contributed by atoms with van der Waals surface area (Å²) in [6, 6.07) is 0. The average Bonchev–Trinajstić information content (AvgIpc) is 2.79. The maximum absolute atomic E-state index is 12.2. The van der Waals surface area contributed by atoms with Crippen molar-refractivity contribution in [2.24, 2.45) is 5.92 Å². The predicted octanol–water partition coefficient (Wildman–Crippen LogP) is 4.06. The maximum atomic E-state index is 12.2. The second-order valence-electron chi connectivity index (χ2n) is 5.24. The number of rotatable bonds is 6. The predicted molar refractivity (Wildman–Crippen MR) is 91.0 cm³/mol. The Balaban J connectivity index is 2.43. The second-order valence-corrected chi connectivity index (χ2v) is 6.58. The molecule has 0 aliphatic rings. The van der Waals surface area contributed by atoms with E-state index in [9.17, 15) is 4.79 Å². The first-order valence-electron chi connectivity index (χ1n) is 6.92. The highest BCUT2D eigenvalue weighted by molar-refractivity contribution is 7.20. The number of esters is 1. The first kappa shape index (κ1) is 16.7. The van der Waals surface area contributed by atoms with Gasteiger partial charge in [0.2, 0.25) is 5.28 Å². The van der Waals surface area contributed by atoms with Gasteiger partial charge >= 0.3 is 5.97 Å². The molecule has 0 saturated carbocycles. The number of carbonyl (C=O) groups is 1. The molecular formula is C15H18ClN3O2S. The number of nitrogens with one attached hydrogen (secondary N) is 1. The van der Waals surface area contributed by atoms with Crippen molar-refractivity contribution in [3.05, 3.63) is 28.4 Å². The van der Waals surface area contributed by atoms with Crippen molar-refractivity contribution in [2.75, 3.05) is 18.5 Å². The van der Waals surface area contributed by atoms with Crippen LogP contribution in [0.5, 0.6) is 0 Å². The normalized spacial score (nSPS) is 11.0. The Kier molecular flexibility index (Phi) is 5.37. The lowest BCUT2D eigenvalue weighted by molar-refractivity contribution is 0.0464. The molecule has 7 heteroatoms. The van der Waals surface area contributed by atoms with Crippen LogP contribution >= 0.6 is 22.9 Å². The van der Waals surface area contributed by atoms with E-state index in [0.717, 1.165) is 10.9 Å². The number of fused-ring (bicyclic) bond motifs is 1. The fraction of sp³-hybridized carbons (Fsp3) is 0.400. The molecule has 0 aromatic carbocycles. The highest BCUT2D eigenvalue weighted by atomic mass is 35.5. The molecule has 0 aliphatic carbocycles. The molecule has 2 rings (SSSR count). The molecule has 118 valence electrons. The first-order valence-corrected chi connectivity index (χ1v) is 8.12. The van der Waals surface area contributed by atoms with Gasteiger partial charge in [0, 0.05) is 6.54 Å². The molecule has 0 unspecified atom stereocenters. The van der Waals surface area contributed by atoms with Crippen LogP contribution in [-0.4, -0.2) is 29.1 Å². The molecule has 5 nitrogen and oxygen atoms in total. The summed E-state index contributed by atoms with van der Waals surface area (Å²) in [6.45, 7) is 10.5. The molecule has 0 radical (unpaired) electrons. The molecule has 0 aliphatic heterocycles. The number of anilines is 1. The number of aryl methyl sites for hydroxylation is 1. The van der Waals surface area contributed by atoms with Crippen molar-refractivity contribution in [3.8, 4) is 0 Å². The summed E-state index contributed by atoms with van der Waals surface area (Å²) in [5.74, 6) is 0.559. The van der Waals surface area contributed by atoms with E-state index in [1.165, 1.54) is 11.3 Å². The third-order valence-electron chi connectivity index (χ3n) is 2.91. The van der Waals surface area contributed by atoms with Crippen molar-refractivity contribution in [2.45, 2.75) is 20.8 Å². The maximum Gasteiger partial charge on any atom is 0.348 e. The molecule has 22 heavy (non-hydrogen) atoms. The third-order valence-corrected chi connectivity index (χ3v) is 4.24. The van der Waals surface area contributed by atoms with Crippen LogP contribution < -0.4 is 5.32 Å². The summed E-state index contributed by atoms with van der Waals surface area (Å²) in [4.78, 5) is 21.8. The topological polar surface area (TPSA) is 64.1 Å². The van der Waals surface area contributed by atoms with Crippen LogP contribution in [0.25, 0.3) is 10.2 Å². The number of aromatic nitrogens is 2. The van der Waals surface area contributed by atoms with Gasteiger partial charge in [0.15, 0.2) is 0 Å². The molecule has 0 bridgehead atoms. The van der Waals surface area contributed by atoms with Crippen LogP contribution in [0.3, 0.4) is 0 Å². The van der Waals surface area contributed by atoms with Gasteiger partial charge in [0.25, 0.3) is 0 Å². The molecule has 0 amide bonds. The molecule has 0 atom stereocenters. The van der Waals surface area contributed by atoms with Gasteiger partial charge in [0.05, 0.1) is 12.0 Å². The summed E-state index contributed by atoms with van der Waals surface area (Å²) in [5.41, 5.74) is 0.803. The van der Waals surface area contributed by atoms with E-state index in [4.69, 9.17) is 16.3 Å². The van der Waals surface area contributed by atoms with Gasteiger partial charge in [-0.2, -0.15) is 0 Å². The van der Waals surface area contributed by atoms with Gasteiger partial charge in [0.1, 0.15) is 15.5 Å². The van der Waals surface area contributed by atoms with E-state index in [1.807, 2.05) is 20.8 Å². The van der Waals surface area contributed by atoms with Crippen molar-refractivity contribution in [1.82, 2.24) is 9.97 Å². The minimum Gasteiger partial charge on any atom is -0.461 e. The van der Waals surface area contributed by atoms with Crippen LogP contribution in [0.1, 0.15) is 29.1 Å². The lowest BCUT2D eigenvalue weighted by Gasteiger charge is -2.07. The summed E-state index contributed by atoms with van der Waals surface area (Å²) in [6.07, 6.45) is 1.72. The highest BCUT2D eigenvalue weighted by Gasteiger charge is 2.21. The summed E-state index contributed by atoms with van der Waals surface area (Å²) in [7, 11) is 0. The van der Waals surface area contributed by atoms with E-state index in [0.29, 0.717) is 28.7 Å². The second kappa shape index (κ2) is 7.07. The van der Waals surface area contributed by atoms with Gasteiger partial charge in [-0.15, -0.1) is 17.9 Å². The van der Waals surface area contributed by atoms with E-state index >= 15 is 0 Å². The standard InChI is InChI=1S/C15H18ClN3O2S/c1-5-6-17-12-10-9(4)11(14(20)21-7-8(2)3)22-13(10)19-15(16)18-12/h5,8H,1,6-7H2,2-4H3,(H,17,18,19). The zero-order valence-corrected chi connectivity index (χ0v) is 14.3. The number of nitrogens with zero attached hydrogens (tertiary/aromatic N) is 2. The Hall–Kier alpha value is -1.66. The summed E-state index contributed by atoms with van der Waals surface area (Å²) in [5, 5.41) is 4.06. The molecule has 0 saturated heterocycles. The molecule has 2 aromatic heterocycles. The molecule has 1 N–H and O–H groups in total. The SMILES string of the molecule is C=CCNc1nc(Cl)nc2sc(C(=O)OCC(C)C)c(C)c12. The average molecular weight is 340 g/mol. The number of carbonyl (C=O) groups excluding carboxylic acids is 1. The van der Waals surface area contributed by atoms with E-state index < -0.39 is 0 Å². The summed E-state index contributed by atoms with van der Waals surface area (Å²) >= 11 is 7.22. The van der Waals surface area contributed by atoms with Gasteiger partial charge < -0.3 is 10.1 Å². The Morgan fingerprint density at radius 1 is 1.50 bits per heavy atom. The van der Waals surface area contributed by atoms with Gasteiger partial charge in [-0.05, 0) is 30.0 Å². The molecule has 0 spiro atoms. The minimum absolute atomic E-state index is 0.141. The number of ether oxygens (including phenoxy) is 1. The molecule has 2 heterocycles. The fourth-order valence-electron chi connectivity index (χ4n) is 1.91. The van der Waals surface area contributed by atoms with Gasteiger partial charge in [-0.3, -0.25) is 0 Å². The molecule has 0 fully saturated rings. The zero-order chi connectivity index (χ0) is 16.3. The van der Waals surface area contributed by atoms with Crippen molar-refractivity contribution >= 4 is 44.9 Å². The number of hydrogen-bond donors (Lipinski definition) is 1. The first-order chi connectivity index (χ1) is 10.4. The van der Waals surface area contributed by atoms with Crippen molar-refractivity contribution in [3.63, 3.8) is 0 Å². The Labute approximate surface area is 138 Å². The zero-order valence-electron chi connectivity index (χ0n) is 12.8.